The van der Waals surface area contributed by atoms with Crippen LogP contribution in [0.25, 0.3) is 0 Å². The molecule has 2 rings (SSSR count). The minimum atomic E-state index is -3.44. The van der Waals surface area contributed by atoms with Gasteiger partial charge >= 0.3 is 0 Å². The van der Waals surface area contributed by atoms with Crippen LogP contribution in [-0.2, 0) is 15.4 Å². The molecule has 0 saturated heterocycles. The highest BCUT2D eigenvalue weighted by atomic mass is 32.3. The van der Waals surface area contributed by atoms with E-state index in [1.807, 2.05) is 0 Å². The lowest BCUT2D eigenvalue weighted by Gasteiger charge is -2.25. The lowest BCUT2D eigenvalue weighted by Crippen LogP contribution is -2.22. The van der Waals surface area contributed by atoms with Gasteiger partial charge in [-0.05, 0) is 19.1 Å². The van der Waals surface area contributed by atoms with Gasteiger partial charge in [-0.15, -0.1) is 0 Å². The second-order valence-corrected chi connectivity index (χ2v) is 7.36. The fourth-order valence-corrected chi connectivity index (χ4v) is 3.44. The summed E-state index contributed by atoms with van der Waals surface area (Å²) in [5, 5.41) is 0. The minimum absolute atomic E-state index is 0.0219. The number of sulfone groups is 1. The van der Waals surface area contributed by atoms with Crippen molar-refractivity contribution in [2.45, 2.75) is 12.5 Å². The maximum absolute atomic E-state index is 13.8. The van der Waals surface area contributed by atoms with Gasteiger partial charge in [0.2, 0.25) is 0 Å². The number of rotatable bonds is 2. The second-order valence-electron chi connectivity index (χ2n) is 4.29. The Balaban J connectivity index is 2.60. The van der Waals surface area contributed by atoms with E-state index in [4.69, 9.17) is 0 Å². The zero-order valence-corrected chi connectivity index (χ0v) is 11.8. The maximum Gasteiger partial charge on any atom is 0.181 e. The van der Waals surface area contributed by atoms with Crippen molar-refractivity contribution >= 4 is 27.1 Å². The maximum atomic E-state index is 13.8. The number of thioether (sulfide) groups is 1. The highest BCUT2D eigenvalue weighted by Crippen LogP contribution is 2.37. The van der Waals surface area contributed by atoms with Crippen molar-refractivity contribution in [2.24, 2.45) is 4.99 Å². The molecule has 1 aromatic rings. The molecule has 3 nitrogen and oxygen atoms in total. The van der Waals surface area contributed by atoms with Gasteiger partial charge in [0, 0.05) is 11.8 Å². The monoisotopic (exact) mass is 302 g/mol. The van der Waals surface area contributed by atoms with Crippen LogP contribution in [0, 0.1) is 11.6 Å². The third kappa shape index (κ3) is 2.71. The van der Waals surface area contributed by atoms with Crippen molar-refractivity contribution in [2.75, 3.05) is 6.26 Å². The van der Waals surface area contributed by atoms with Gasteiger partial charge in [-0.25, -0.2) is 17.2 Å². The molecule has 0 amide bonds. The topological polar surface area (TPSA) is 46.5 Å². The summed E-state index contributed by atoms with van der Waals surface area (Å²) in [5.41, 5.74) is 1.17. The van der Waals surface area contributed by atoms with E-state index in [2.05, 4.69) is 10.5 Å². The van der Waals surface area contributed by atoms with Gasteiger partial charge in [0.15, 0.2) is 21.5 Å². The van der Waals surface area contributed by atoms with Gasteiger partial charge < -0.3 is 0 Å². The van der Waals surface area contributed by atoms with E-state index in [0.29, 0.717) is 0 Å². The number of hydrogen-bond acceptors (Lipinski definition) is 4. The van der Waals surface area contributed by atoms with Crippen LogP contribution in [0.1, 0.15) is 12.5 Å². The lowest BCUT2D eigenvalue weighted by molar-refractivity contribution is 0.474. The summed E-state index contributed by atoms with van der Waals surface area (Å²) in [5.74, 6) is -2.03. The first kappa shape index (κ1) is 14.2. The summed E-state index contributed by atoms with van der Waals surface area (Å²) in [6, 6.07) is 3.72. The predicted octanol–water partition coefficient (Wildman–Crippen LogP) is 2.72. The summed E-state index contributed by atoms with van der Waals surface area (Å²) in [7, 11) is -3.44. The first-order valence-electron chi connectivity index (χ1n) is 5.25. The van der Waals surface area contributed by atoms with Gasteiger partial charge in [-0.3, -0.25) is 4.99 Å². The number of halogens is 2. The van der Waals surface area contributed by atoms with Crippen LogP contribution in [0.2, 0.25) is 0 Å². The Morgan fingerprint density at radius 3 is 2.68 bits per heavy atom. The Hall–Kier alpha value is -1.21. The molecule has 0 spiro atoms. The van der Waals surface area contributed by atoms with Gasteiger partial charge in [0.1, 0.15) is 15.3 Å². The molecule has 1 radical (unpaired) electrons. The molecule has 101 valence electrons. The van der Waals surface area contributed by atoms with Crippen molar-refractivity contribution in [1.29, 1.82) is 0 Å². The molecule has 0 N–H and O–H groups in total. The molecule has 1 atom stereocenters. The summed E-state index contributed by atoms with van der Waals surface area (Å²) >= 11 is 0.817. The zero-order chi connectivity index (χ0) is 14.3. The molecule has 1 heterocycles. The van der Waals surface area contributed by atoms with Crippen LogP contribution in [0.15, 0.2) is 33.5 Å². The molecule has 19 heavy (non-hydrogen) atoms. The number of aliphatic imine (C=N–C) groups is 1. The van der Waals surface area contributed by atoms with E-state index in [-0.39, 0.29) is 9.80 Å². The molecule has 0 unspecified atom stereocenters. The fraction of sp³-hybridized carbons (Fsp3) is 0.250. The Labute approximate surface area is 114 Å². The van der Waals surface area contributed by atoms with Crippen molar-refractivity contribution < 1.29 is 17.2 Å². The van der Waals surface area contributed by atoms with Gasteiger partial charge in [-0.1, -0.05) is 23.9 Å². The summed E-state index contributed by atoms with van der Waals surface area (Å²) in [6.07, 6.45) is 2.35. The first-order valence-corrected chi connectivity index (χ1v) is 7.96. The van der Waals surface area contributed by atoms with Gasteiger partial charge in [0.25, 0.3) is 0 Å². The molecule has 1 aliphatic rings. The van der Waals surface area contributed by atoms with E-state index in [9.17, 15) is 17.2 Å². The average Bonchev–Trinajstić information content (AvgIpc) is 2.31. The fourth-order valence-electron chi connectivity index (χ4n) is 1.67. The number of benzene rings is 1. The number of nitrogens with zero attached hydrogens (tertiary/aromatic N) is 1. The third-order valence-corrected chi connectivity index (χ3v) is 5.19. The molecule has 1 aliphatic heterocycles. The Morgan fingerprint density at radius 1 is 1.37 bits per heavy atom. The SMILES string of the molecule is C[C@@]1(c2cccc(F)c2F)C=C(S(C)(=O)=O)S[C]=N1. The van der Waals surface area contributed by atoms with Crippen LogP contribution < -0.4 is 0 Å². The zero-order valence-electron chi connectivity index (χ0n) is 10.1. The van der Waals surface area contributed by atoms with Crippen molar-refractivity contribution in [3.05, 3.63) is 45.7 Å². The van der Waals surface area contributed by atoms with Crippen molar-refractivity contribution in [3.63, 3.8) is 0 Å². The summed E-state index contributed by atoms with van der Waals surface area (Å²) in [6.45, 7) is 1.50. The molecule has 0 aromatic heterocycles. The van der Waals surface area contributed by atoms with E-state index in [0.717, 1.165) is 24.1 Å². The van der Waals surface area contributed by atoms with Crippen LogP contribution in [-0.4, -0.2) is 20.2 Å². The molecule has 0 bridgehead atoms. The molecular formula is C12H10F2NO2S2. The van der Waals surface area contributed by atoms with Crippen LogP contribution >= 0.6 is 11.8 Å². The second kappa shape index (κ2) is 4.72. The highest BCUT2D eigenvalue weighted by molar-refractivity contribution is 8.26. The van der Waals surface area contributed by atoms with Gasteiger partial charge in [-0.2, -0.15) is 0 Å². The van der Waals surface area contributed by atoms with Crippen molar-refractivity contribution in [3.8, 4) is 0 Å². The highest BCUT2D eigenvalue weighted by Gasteiger charge is 2.32. The van der Waals surface area contributed by atoms with E-state index in [1.165, 1.54) is 25.1 Å². The molecule has 1 aromatic carbocycles. The molecular weight excluding hydrogens is 292 g/mol. The number of hydrogen-bond donors (Lipinski definition) is 0. The van der Waals surface area contributed by atoms with Crippen molar-refractivity contribution in [1.82, 2.24) is 0 Å². The normalized spacial score (nSPS) is 23.3. The smallest absolute Gasteiger partial charge is 0.181 e. The van der Waals surface area contributed by atoms with E-state index in [1.54, 1.807) is 0 Å². The Bertz CT molecular complexity index is 683. The van der Waals surface area contributed by atoms with Gasteiger partial charge in [0.05, 0.1) is 0 Å². The van der Waals surface area contributed by atoms with Crippen LogP contribution in [0.4, 0.5) is 8.78 Å². The van der Waals surface area contributed by atoms with E-state index < -0.39 is 27.0 Å². The Morgan fingerprint density at radius 2 is 2.05 bits per heavy atom. The quantitative estimate of drug-likeness (QED) is 0.844. The predicted molar refractivity (Wildman–Crippen MR) is 71.7 cm³/mol. The summed E-state index contributed by atoms with van der Waals surface area (Å²) in [4.78, 5) is 3.96. The molecule has 0 fully saturated rings. The molecule has 7 heteroatoms. The largest absolute Gasteiger partial charge is 0.260 e. The summed E-state index contributed by atoms with van der Waals surface area (Å²) < 4.78 is 50.1. The van der Waals surface area contributed by atoms with E-state index >= 15 is 0 Å². The average molecular weight is 302 g/mol. The standard InChI is InChI=1S/C12H10F2NO2S2/c1-12(8-4-3-5-9(13)11(8)14)6-10(18-7-15-12)19(2,16)17/h3-6H,1-2H3/t12-/m0/s1. The Kier molecular flexibility index (Phi) is 3.53. The van der Waals surface area contributed by atoms with Crippen LogP contribution in [0.5, 0.6) is 0 Å². The van der Waals surface area contributed by atoms with Crippen LogP contribution in [0.3, 0.4) is 0 Å². The lowest BCUT2D eigenvalue weighted by atomic mass is 9.92. The minimum Gasteiger partial charge on any atom is -0.260 e. The third-order valence-electron chi connectivity index (χ3n) is 2.69. The first-order chi connectivity index (χ1) is 8.74. The molecule has 0 saturated carbocycles. The molecule has 0 aliphatic carbocycles.